The highest BCUT2D eigenvalue weighted by molar-refractivity contribution is 7.18. The number of nitriles is 1. The van der Waals surface area contributed by atoms with Gasteiger partial charge in [-0.2, -0.15) is 5.26 Å². The maximum atomic E-state index is 8.84. The average molecular weight is 336 g/mol. The van der Waals surface area contributed by atoms with Crippen LogP contribution in [0.25, 0.3) is 10.2 Å². The first-order chi connectivity index (χ1) is 11.7. The summed E-state index contributed by atoms with van der Waals surface area (Å²) in [7, 11) is 0. The van der Waals surface area contributed by atoms with Crippen molar-refractivity contribution in [3.8, 4) is 6.07 Å². The summed E-state index contributed by atoms with van der Waals surface area (Å²) >= 11 is 1.71. The fourth-order valence-electron chi connectivity index (χ4n) is 3.03. The Hall–Kier alpha value is -2.72. The normalized spacial score (nSPS) is 14.8. The minimum atomic E-state index is 0.452. The van der Waals surface area contributed by atoms with Crippen molar-refractivity contribution < 1.29 is 0 Å². The minimum Gasteiger partial charge on any atom is -0.367 e. The first kappa shape index (κ1) is 14.8. The lowest BCUT2D eigenvalue weighted by Crippen LogP contribution is -2.47. The van der Waals surface area contributed by atoms with Crippen LogP contribution in [0.2, 0.25) is 0 Å². The molecule has 4 rings (SSSR count). The van der Waals surface area contributed by atoms with Gasteiger partial charge in [0.25, 0.3) is 0 Å². The van der Waals surface area contributed by atoms with E-state index in [9.17, 15) is 0 Å². The molecule has 120 valence electrons. The number of anilines is 2. The number of aryl methyl sites for hydroxylation is 1. The Bertz CT molecular complexity index is 903. The third kappa shape index (κ3) is 2.65. The molecule has 1 fully saturated rings. The number of thiophene rings is 1. The van der Waals surface area contributed by atoms with Crippen molar-refractivity contribution in [2.45, 2.75) is 6.92 Å². The van der Waals surface area contributed by atoms with Crippen LogP contribution < -0.4 is 9.80 Å². The lowest BCUT2D eigenvalue weighted by molar-refractivity contribution is 0.648. The second-order valence-corrected chi connectivity index (χ2v) is 7.00. The molecule has 0 aliphatic carbocycles. The van der Waals surface area contributed by atoms with Crippen molar-refractivity contribution in [3.63, 3.8) is 0 Å². The molecule has 3 aromatic heterocycles. The Morgan fingerprint density at radius 2 is 1.88 bits per heavy atom. The summed E-state index contributed by atoms with van der Waals surface area (Å²) in [4.78, 5) is 20.0. The molecule has 1 saturated heterocycles. The smallest absolute Gasteiger partial charge is 0.140 e. The van der Waals surface area contributed by atoms with Crippen LogP contribution in [-0.4, -0.2) is 41.1 Å². The van der Waals surface area contributed by atoms with Gasteiger partial charge >= 0.3 is 0 Å². The van der Waals surface area contributed by atoms with Gasteiger partial charge in [-0.1, -0.05) is 0 Å². The Balaban J connectivity index is 1.52. The zero-order valence-electron chi connectivity index (χ0n) is 13.3. The van der Waals surface area contributed by atoms with E-state index in [0.29, 0.717) is 5.69 Å². The van der Waals surface area contributed by atoms with Crippen LogP contribution in [0.1, 0.15) is 10.6 Å². The van der Waals surface area contributed by atoms with E-state index in [1.165, 1.54) is 4.88 Å². The number of hydrogen-bond acceptors (Lipinski definition) is 7. The number of aromatic nitrogens is 3. The highest BCUT2D eigenvalue weighted by Crippen LogP contribution is 2.30. The highest BCUT2D eigenvalue weighted by atomic mass is 32.1. The monoisotopic (exact) mass is 336 g/mol. The minimum absolute atomic E-state index is 0.452. The number of rotatable bonds is 2. The van der Waals surface area contributed by atoms with Crippen LogP contribution in [0.15, 0.2) is 30.7 Å². The molecule has 1 aliphatic heterocycles. The first-order valence-electron chi connectivity index (χ1n) is 7.82. The number of piperazine rings is 1. The SMILES string of the molecule is Cc1cc2c(N3CCN(c4ccc(C#N)nc4)CC3)ncnc2s1. The van der Waals surface area contributed by atoms with Crippen LogP contribution in [0.4, 0.5) is 11.5 Å². The maximum absolute atomic E-state index is 8.84. The topological polar surface area (TPSA) is 68.9 Å². The lowest BCUT2D eigenvalue weighted by Gasteiger charge is -2.36. The molecule has 4 heterocycles. The van der Waals surface area contributed by atoms with Crippen LogP contribution >= 0.6 is 11.3 Å². The zero-order valence-corrected chi connectivity index (χ0v) is 14.1. The van der Waals surface area contributed by atoms with Gasteiger partial charge in [-0.15, -0.1) is 11.3 Å². The van der Waals surface area contributed by atoms with Gasteiger partial charge in [0.2, 0.25) is 0 Å². The quantitative estimate of drug-likeness (QED) is 0.716. The molecule has 0 spiro atoms. The fraction of sp³-hybridized carbons (Fsp3) is 0.294. The second kappa shape index (κ2) is 6.06. The van der Waals surface area contributed by atoms with E-state index in [0.717, 1.165) is 47.9 Å². The predicted octanol–water partition coefficient (Wildman–Crippen LogP) is 2.59. The molecule has 0 unspecified atom stereocenters. The van der Waals surface area contributed by atoms with E-state index >= 15 is 0 Å². The standard InChI is InChI=1S/C17H16N6S/c1-12-8-15-16(20-11-21-17(15)24-12)23-6-4-22(5-7-23)14-3-2-13(9-18)19-10-14/h2-3,8,10-11H,4-7H2,1H3. The number of pyridine rings is 1. The molecule has 24 heavy (non-hydrogen) atoms. The van der Waals surface area contributed by atoms with E-state index in [1.807, 2.05) is 6.07 Å². The van der Waals surface area contributed by atoms with Crippen LogP contribution in [0.5, 0.6) is 0 Å². The highest BCUT2D eigenvalue weighted by Gasteiger charge is 2.21. The largest absolute Gasteiger partial charge is 0.367 e. The van der Waals surface area contributed by atoms with Gasteiger partial charge in [-0.3, -0.25) is 0 Å². The summed E-state index contributed by atoms with van der Waals surface area (Å²) < 4.78 is 0. The van der Waals surface area contributed by atoms with E-state index in [-0.39, 0.29) is 0 Å². The summed E-state index contributed by atoms with van der Waals surface area (Å²) in [6.45, 7) is 5.72. The Morgan fingerprint density at radius 1 is 1.08 bits per heavy atom. The van der Waals surface area contributed by atoms with Crippen LogP contribution in [-0.2, 0) is 0 Å². The van der Waals surface area contributed by atoms with Crippen molar-refractivity contribution in [2.75, 3.05) is 36.0 Å². The maximum Gasteiger partial charge on any atom is 0.140 e. The van der Waals surface area contributed by atoms with Crippen molar-refractivity contribution in [1.29, 1.82) is 5.26 Å². The predicted molar refractivity (Wildman–Crippen MR) is 95.5 cm³/mol. The van der Waals surface area contributed by atoms with Gasteiger partial charge in [0.15, 0.2) is 0 Å². The average Bonchev–Trinajstić information content (AvgIpc) is 3.02. The van der Waals surface area contributed by atoms with E-state index in [4.69, 9.17) is 5.26 Å². The molecule has 0 bridgehead atoms. The first-order valence-corrected chi connectivity index (χ1v) is 8.63. The molecule has 0 amide bonds. The molecule has 3 aromatic rings. The summed E-state index contributed by atoms with van der Waals surface area (Å²) in [6.07, 6.45) is 3.43. The molecule has 0 N–H and O–H groups in total. The third-order valence-electron chi connectivity index (χ3n) is 4.24. The van der Waals surface area contributed by atoms with Crippen molar-refractivity contribution in [2.24, 2.45) is 0 Å². The van der Waals surface area contributed by atoms with Crippen LogP contribution in [0, 0.1) is 18.3 Å². The van der Waals surface area contributed by atoms with Gasteiger partial charge in [-0.05, 0) is 25.1 Å². The number of fused-ring (bicyclic) bond motifs is 1. The van der Waals surface area contributed by atoms with Gasteiger partial charge < -0.3 is 9.80 Å². The number of nitrogens with zero attached hydrogens (tertiary/aromatic N) is 6. The third-order valence-corrected chi connectivity index (χ3v) is 5.20. The summed E-state index contributed by atoms with van der Waals surface area (Å²) in [5.41, 5.74) is 1.52. The molecule has 0 radical (unpaired) electrons. The molecule has 1 aliphatic rings. The molecule has 0 saturated carbocycles. The zero-order chi connectivity index (χ0) is 16.5. The Labute approximate surface area is 144 Å². The Kier molecular flexibility index (Phi) is 3.75. The summed E-state index contributed by atoms with van der Waals surface area (Å²) in [6, 6.07) is 7.96. The van der Waals surface area contributed by atoms with Gasteiger partial charge in [0.05, 0.1) is 17.3 Å². The van der Waals surface area contributed by atoms with Gasteiger partial charge in [0, 0.05) is 31.1 Å². The lowest BCUT2D eigenvalue weighted by atomic mass is 10.2. The molecule has 0 aromatic carbocycles. The van der Waals surface area contributed by atoms with Gasteiger partial charge in [0.1, 0.15) is 28.7 Å². The molecular formula is C17H16N6S. The Morgan fingerprint density at radius 3 is 2.58 bits per heavy atom. The molecule has 7 heteroatoms. The molecule has 6 nitrogen and oxygen atoms in total. The number of hydrogen-bond donors (Lipinski definition) is 0. The molecular weight excluding hydrogens is 320 g/mol. The summed E-state index contributed by atoms with van der Waals surface area (Å²) in [5.74, 6) is 1.03. The van der Waals surface area contributed by atoms with Crippen molar-refractivity contribution in [1.82, 2.24) is 15.0 Å². The van der Waals surface area contributed by atoms with Crippen molar-refractivity contribution in [3.05, 3.63) is 41.3 Å². The fourth-order valence-corrected chi connectivity index (χ4v) is 3.87. The summed E-state index contributed by atoms with van der Waals surface area (Å²) in [5, 5.41) is 9.99. The second-order valence-electron chi connectivity index (χ2n) is 5.76. The van der Waals surface area contributed by atoms with E-state index in [2.05, 4.69) is 43.8 Å². The van der Waals surface area contributed by atoms with Crippen LogP contribution in [0.3, 0.4) is 0 Å². The van der Waals surface area contributed by atoms with Gasteiger partial charge in [-0.25, -0.2) is 15.0 Å². The van der Waals surface area contributed by atoms with E-state index in [1.54, 1.807) is 29.9 Å². The molecule has 0 atom stereocenters. The van der Waals surface area contributed by atoms with Crippen molar-refractivity contribution >= 4 is 33.1 Å². The van der Waals surface area contributed by atoms with E-state index < -0.39 is 0 Å².